The van der Waals surface area contributed by atoms with Crippen LogP contribution in [0, 0.1) is 11.3 Å². The predicted molar refractivity (Wildman–Crippen MR) is 47.3 cm³/mol. The minimum Gasteiger partial charge on any atom is -0.491 e. The highest BCUT2D eigenvalue weighted by atomic mass is 35.5. The molecule has 0 aliphatic rings. The number of hydrogen-bond donors (Lipinski definition) is 0. The topological polar surface area (TPSA) is 33.0 Å². The van der Waals surface area contributed by atoms with Crippen LogP contribution in [0.2, 0.25) is 5.02 Å². The van der Waals surface area contributed by atoms with E-state index in [2.05, 4.69) is 0 Å². The number of hydrogen-bond acceptors (Lipinski definition) is 2. The Labute approximate surface area is 76.3 Å². The van der Waals surface area contributed by atoms with E-state index >= 15 is 0 Å². The zero-order valence-electron chi connectivity index (χ0n) is 6.67. The zero-order chi connectivity index (χ0) is 8.97. The molecule has 0 N–H and O–H groups in total. The average molecular weight is 182 g/mol. The molecular weight excluding hydrogens is 174 g/mol. The van der Waals surface area contributed by atoms with E-state index in [9.17, 15) is 0 Å². The minimum absolute atomic E-state index is 0.476. The number of nitrogens with zero attached hydrogens (tertiary/aromatic N) is 1. The molecule has 62 valence electrons. The molecule has 0 heterocycles. The summed E-state index contributed by atoms with van der Waals surface area (Å²) in [6, 6.07) is 7.12. The summed E-state index contributed by atoms with van der Waals surface area (Å²) < 4.78 is 5.20. The second-order valence-corrected chi connectivity index (χ2v) is 2.57. The lowest BCUT2D eigenvalue weighted by atomic mass is 10.2. The first kappa shape index (κ1) is 8.89. The molecule has 2 nitrogen and oxygen atoms in total. The van der Waals surface area contributed by atoms with Crippen LogP contribution in [0.3, 0.4) is 0 Å². The molecule has 1 rings (SSSR count). The summed E-state index contributed by atoms with van der Waals surface area (Å²) in [6.45, 7) is 2.36. The summed E-state index contributed by atoms with van der Waals surface area (Å²) in [4.78, 5) is 0. The highest BCUT2D eigenvalue weighted by molar-refractivity contribution is 6.32. The van der Waals surface area contributed by atoms with Gasteiger partial charge in [-0.15, -0.1) is 0 Å². The van der Waals surface area contributed by atoms with Crippen LogP contribution >= 0.6 is 11.6 Å². The fourth-order valence-electron chi connectivity index (χ4n) is 0.888. The van der Waals surface area contributed by atoms with Crippen molar-refractivity contribution in [2.75, 3.05) is 6.61 Å². The van der Waals surface area contributed by atoms with Crippen molar-refractivity contribution in [2.24, 2.45) is 0 Å². The SMILES string of the molecule is CCOc1c(Cl)cccc1C#N. The van der Waals surface area contributed by atoms with Crippen molar-refractivity contribution in [1.82, 2.24) is 0 Å². The van der Waals surface area contributed by atoms with Crippen LogP contribution < -0.4 is 4.74 Å². The summed E-state index contributed by atoms with van der Waals surface area (Å²) in [5.41, 5.74) is 0.476. The van der Waals surface area contributed by atoms with Crippen molar-refractivity contribution in [1.29, 1.82) is 5.26 Å². The molecule has 0 atom stereocenters. The van der Waals surface area contributed by atoms with Gasteiger partial charge in [0, 0.05) is 0 Å². The first-order valence-electron chi connectivity index (χ1n) is 3.61. The smallest absolute Gasteiger partial charge is 0.155 e. The average Bonchev–Trinajstić information content (AvgIpc) is 2.09. The maximum absolute atomic E-state index is 8.68. The van der Waals surface area contributed by atoms with Gasteiger partial charge < -0.3 is 4.74 Å². The highest BCUT2D eigenvalue weighted by Gasteiger charge is 2.05. The molecule has 1 aromatic carbocycles. The lowest BCUT2D eigenvalue weighted by Crippen LogP contribution is -1.94. The van der Waals surface area contributed by atoms with Gasteiger partial charge in [-0.2, -0.15) is 5.26 Å². The Morgan fingerprint density at radius 1 is 1.58 bits per heavy atom. The third-order valence-corrected chi connectivity index (χ3v) is 1.67. The fourth-order valence-corrected chi connectivity index (χ4v) is 1.12. The molecular formula is C9H8ClNO. The summed E-state index contributed by atoms with van der Waals surface area (Å²) in [5.74, 6) is 0.476. The van der Waals surface area contributed by atoms with Gasteiger partial charge in [-0.1, -0.05) is 17.7 Å². The fraction of sp³-hybridized carbons (Fsp3) is 0.222. The van der Waals surface area contributed by atoms with Crippen molar-refractivity contribution in [3.8, 4) is 11.8 Å². The number of benzene rings is 1. The van der Waals surface area contributed by atoms with Crippen LogP contribution in [0.5, 0.6) is 5.75 Å². The molecule has 0 aromatic heterocycles. The van der Waals surface area contributed by atoms with Crippen molar-refractivity contribution in [2.45, 2.75) is 6.92 Å². The molecule has 0 spiro atoms. The lowest BCUT2D eigenvalue weighted by molar-refractivity contribution is 0.339. The number of para-hydroxylation sites is 1. The van der Waals surface area contributed by atoms with Gasteiger partial charge in [0.1, 0.15) is 6.07 Å². The van der Waals surface area contributed by atoms with E-state index in [1.54, 1.807) is 18.2 Å². The van der Waals surface area contributed by atoms with E-state index in [1.807, 2.05) is 13.0 Å². The van der Waals surface area contributed by atoms with Crippen LogP contribution in [0.1, 0.15) is 12.5 Å². The van der Waals surface area contributed by atoms with Crippen molar-refractivity contribution < 1.29 is 4.74 Å². The van der Waals surface area contributed by atoms with Gasteiger partial charge in [0.2, 0.25) is 0 Å². The molecule has 0 fully saturated rings. The Bertz CT molecular complexity index is 317. The maximum Gasteiger partial charge on any atom is 0.155 e. The summed E-state index contributed by atoms with van der Waals surface area (Å²) in [5, 5.41) is 9.16. The van der Waals surface area contributed by atoms with E-state index < -0.39 is 0 Å². The van der Waals surface area contributed by atoms with Gasteiger partial charge in [-0.05, 0) is 19.1 Å². The lowest BCUT2D eigenvalue weighted by Gasteiger charge is -2.05. The Balaban J connectivity index is 3.13. The standard InChI is InChI=1S/C9H8ClNO/c1-2-12-9-7(6-11)4-3-5-8(9)10/h3-5H,2H2,1H3. The molecule has 0 radical (unpaired) electrons. The second kappa shape index (κ2) is 3.99. The van der Waals surface area contributed by atoms with E-state index in [4.69, 9.17) is 21.6 Å². The van der Waals surface area contributed by atoms with Gasteiger partial charge in [0.05, 0.1) is 17.2 Å². The molecule has 3 heteroatoms. The number of halogens is 1. The van der Waals surface area contributed by atoms with Crippen LogP contribution in [-0.4, -0.2) is 6.61 Å². The monoisotopic (exact) mass is 181 g/mol. The quantitative estimate of drug-likeness (QED) is 0.703. The predicted octanol–water partition coefficient (Wildman–Crippen LogP) is 2.61. The summed E-state index contributed by atoms with van der Waals surface area (Å²) in [6.07, 6.45) is 0. The van der Waals surface area contributed by atoms with Crippen molar-refractivity contribution >= 4 is 11.6 Å². The van der Waals surface area contributed by atoms with Crippen LogP contribution in [0.15, 0.2) is 18.2 Å². The number of ether oxygens (including phenoxy) is 1. The summed E-state index contributed by atoms with van der Waals surface area (Å²) in [7, 11) is 0. The first-order valence-corrected chi connectivity index (χ1v) is 3.98. The Morgan fingerprint density at radius 3 is 2.92 bits per heavy atom. The molecule has 12 heavy (non-hydrogen) atoms. The van der Waals surface area contributed by atoms with Gasteiger partial charge >= 0.3 is 0 Å². The van der Waals surface area contributed by atoms with Crippen LogP contribution in [0.25, 0.3) is 0 Å². The van der Waals surface area contributed by atoms with E-state index in [0.717, 1.165) is 0 Å². The molecule has 1 aromatic rings. The molecule has 0 aliphatic carbocycles. The molecule has 0 saturated carbocycles. The van der Waals surface area contributed by atoms with E-state index in [1.165, 1.54) is 0 Å². The van der Waals surface area contributed by atoms with Gasteiger partial charge in [0.25, 0.3) is 0 Å². The minimum atomic E-state index is 0.476. The largest absolute Gasteiger partial charge is 0.491 e. The molecule has 0 bridgehead atoms. The Kier molecular flexibility index (Phi) is 2.95. The zero-order valence-corrected chi connectivity index (χ0v) is 7.43. The summed E-state index contributed by atoms with van der Waals surface area (Å²) >= 11 is 5.81. The van der Waals surface area contributed by atoms with Crippen molar-refractivity contribution in [3.63, 3.8) is 0 Å². The highest BCUT2D eigenvalue weighted by Crippen LogP contribution is 2.27. The van der Waals surface area contributed by atoms with Gasteiger partial charge in [-0.25, -0.2) is 0 Å². The van der Waals surface area contributed by atoms with Crippen LogP contribution in [0.4, 0.5) is 0 Å². The molecule has 0 unspecified atom stereocenters. The van der Waals surface area contributed by atoms with E-state index in [-0.39, 0.29) is 0 Å². The van der Waals surface area contributed by atoms with Gasteiger partial charge in [-0.3, -0.25) is 0 Å². The van der Waals surface area contributed by atoms with E-state index in [0.29, 0.717) is 22.9 Å². The van der Waals surface area contributed by atoms with Crippen LogP contribution in [-0.2, 0) is 0 Å². The Morgan fingerprint density at radius 2 is 2.33 bits per heavy atom. The Hall–Kier alpha value is -1.20. The second-order valence-electron chi connectivity index (χ2n) is 2.16. The first-order chi connectivity index (χ1) is 5.79. The third kappa shape index (κ3) is 1.69. The molecule has 0 amide bonds. The van der Waals surface area contributed by atoms with Gasteiger partial charge in [0.15, 0.2) is 5.75 Å². The maximum atomic E-state index is 8.68. The molecule has 0 aliphatic heterocycles. The normalized spacial score (nSPS) is 9.08. The van der Waals surface area contributed by atoms with Crippen molar-refractivity contribution in [3.05, 3.63) is 28.8 Å². The number of nitriles is 1. The molecule has 0 saturated heterocycles. The number of rotatable bonds is 2. The third-order valence-electron chi connectivity index (χ3n) is 1.38.